The number of aliphatic imine (C=N–C) groups is 1. The van der Waals surface area contributed by atoms with Gasteiger partial charge in [0.05, 0.1) is 18.0 Å². The quantitative estimate of drug-likeness (QED) is 0.684. The monoisotopic (exact) mass is 193 g/mol. The number of hydrogen-bond donors (Lipinski definition) is 0. The molecule has 0 saturated heterocycles. The summed E-state index contributed by atoms with van der Waals surface area (Å²) in [7, 11) is 0. The van der Waals surface area contributed by atoms with Gasteiger partial charge in [-0.25, -0.2) is 4.99 Å². The molecular weight excluding hydrogens is 182 g/mol. The second-order valence-corrected chi connectivity index (χ2v) is 3.71. The standard InChI is InChI=1S/C10H11NOS/c1-2-12-10-7-13-9-6-4-3-5-8(9)11-10/h3-6H,2,7H2,1H3. The molecule has 0 atom stereocenters. The Kier molecular flexibility index (Phi) is 2.54. The van der Waals surface area contributed by atoms with E-state index in [2.05, 4.69) is 11.1 Å². The van der Waals surface area contributed by atoms with E-state index in [-0.39, 0.29) is 0 Å². The smallest absolute Gasteiger partial charge is 0.199 e. The lowest BCUT2D eigenvalue weighted by atomic mass is 10.3. The summed E-state index contributed by atoms with van der Waals surface area (Å²) in [6.45, 7) is 2.68. The minimum absolute atomic E-state index is 0.696. The van der Waals surface area contributed by atoms with E-state index in [0.717, 1.165) is 17.3 Å². The summed E-state index contributed by atoms with van der Waals surface area (Å²) < 4.78 is 5.37. The Balaban J connectivity index is 2.28. The fourth-order valence-corrected chi connectivity index (χ4v) is 2.08. The van der Waals surface area contributed by atoms with E-state index in [0.29, 0.717) is 6.61 Å². The summed E-state index contributed by atoms with van der Waals surface area (Å²) in [6.07, 6.45) is 0. The van der Waals surface area contributed by atoms with E-state index in [4.69, 9.17) is 4.74 Å². The van der Waals surface area contributed by atoms with E-state index in [1.807, 2.05) is 25.1 Å². The van der Waals surface area contributed by atoms with E-state index >= 15 is 0 Å². The third kappa shape index (κ3) is 1.86. The predicted molar refractivity (Wildman–Crippen MR) is 55.9 cm³/mol. The Morgan fingerprint density at radius 2 is 2.31 bits per heavy atom. The molecule has 3 heteroatoms. The Morgan fingerprint density at radius 3 is 3.15 bits per heavy atom. The van der Waals surface area contributed by atoms with Crippen molar-refractivity contribution in [2.75, 3.05) is 12.4 Å². The van der Waals surface area contributed by atoms with Crippen LogP contribution in [0, 0.1) is 0 Å². The van der Waals surface area contributed by atoms with Crippen LogP contribution in [0.25, 0.3) is 0 Å². The van der Waals surface area contributed by atoms with Gasteiger partial charge in [-0.2, -0.15) is 0 Å². The van der Waals surface area contributed by atoms with Crippen molar-refractivity contribution in [1.82, 2.24) is 0 Å². The maximum absolute atomic E-state index is 5.37. The first-order valence-corrected chi connectivity index (χ1v) is 5.31. The lowest BCUT2D eigenvalue weighted by Crippen LogP contribution is -2.09. The van der Waals surface area contributed by atoms with Gasteiger partial charge in [0, 0.05) is 4.90 Å². The number of ether oxygens (including phenoxy) is 1. The molecule has 68 valence electrons. The zero-order chi connectivity index (χ0) is 9.10. The molecule has 1 heterocycles. The van der Waals surface area contributed by atoms with E-state index in [9.17, 15) is 0 Å². The van der Waals surface area contributed by atoms with Crippen LogP contribution < -0.4 is 0 Å². The summed E-state index contributed by atoms with van der Waals surface area (Å²) in [6, 6.07) is 8.14. The number of hydrogen-bond acceptors (Lipinski definition) is 3. The van der Waals surface area contributed by atoms with Crippen LogP contribution in [0.1, 0.15) is 6.92 Å². The Morgan fingerprint density at radius 1 is 1.46 bits per heavy atom. The molecule has 1 aliphatic rings. The van der Waals surface area contributed by atoms with Crippen LogP contribution in [0.3, 0.4) is 0 Å². The number of para-hydroxylation sites is 1. The highest BCUT2D eigenvalue weighted by Crippen LogP contribution is 2.33. The Labute approximate surface area is 82.0 Å². The largest absolute Gasteiger partial charge is 0.480 e. The van der Waals surface area contributed by atoms with Crippen molar-refractivity contribution in [2.45, 2.75) is 11.8 Å². The van der Waals surface area contributed by atoms with Crippen molar-refractivity contribution in [2.24, 2.45) is 4.99 Å². The van der Waals surface area contributed by atoms with Gasteiger partial charge in [0.15, 0.2) is 5.90 Å². The van der Waals surface area contributed by atoms with Crippen LogP contribution in [-0.2, 0) is 4.74 Å². The van der Waals surface area contributed by atoms with E-state index < -0.39 is 0 Å². The molecule has 0 spiro atoms. The Hall–Kier alpha value is -0.960. The lowest BCUT2D eigenvalue weighted by molar-refractivity contribution is 0.325. The molecule has 0 aliphatic carbocycles. The van der Waals surface area contributed by atoms with Crippen molar-refractivity contribution in [1.29, 1.82) is 0 Å². The first kappa shape index (κ1) is 8.63. The molecular formula is C10H11NOS. The third-order valence-electron chi connectivity index (χ3n) is 1.77. The number of thioether (sulfide) groups is 1. The second kappa shape index (κ2) is 3.83. The summed E-state index contributed by atoms with van der Waals surface area (Å²) in [5.41, 5.74) is 1.03. The molecule has 0 radical (unpaired) electrons. The molecule has 0 unspecified atom stereocenters. The first-order valence-electron chi connectivity index (χ1n) is 4.32. The summed E-state index contributed by atoms with van der Waals surface area (Å²) >= 11 is 1.78. The normalized spacial score (nSPS) is 14.7. The first-order chi connectivity index (χ1) is 6.40. The van der Waals surface area contributed by atoms with Gasteiger partial charge in [0.2, 0.25) is 0 Å². The van der Waals surface area contributed by atoms with Crippen LogP contribution in [-0.4, -0.2) is 18.3 Å². The third-order valence-corrected chi connectivity index (χ3v) is 2.82. The number of nitrogens with zero attached hydrogens (tertiary/aromatic N) is 1. The minimum Gasteiger partial charge on any atom is -0.480 e. The van der Waals surface area contributed by atoms with E-state index in [1.165, 1.54) is 4.90 Å². The lowest BCUT2D eigenvalue weighted by Gasteiger charge is -2.14. The number of benzene rings is 1. The molecule has 2 nitrogen and oxygen atoms in total. The van der Waals surface area contributed by atoms with Gasteiger partial charge in [-0.3, -0.25) is 0 Å². The van der Waals surface area contributed by atoms with Gasteiger partial charge < -0.3 is 4.74 Å². The fourth-order valence-electron chi connectivity index (χ4n) is 1.22. The van der Waals surface area contributed by atoms with Gasteiger partial charge in [-0.15, -0.1) is 11.8 Å². The maximum Gasteiger partial charge on any atom is 0.199 e. The van der Waals surface area contributed by atoms with Crippen LogP contribution in [0.2, 0.25) is 0 Å². The van der Waals surface area contributed by atoms with Crippen molar-refractivity contribution < 1.29 is 4.74 Å². The van der Waals surface area contributed by atoms with Crippen molar-refractivity contribution in [3.05, 3.63) is 24.3 Å². The number of fused-ring (bicyclic) bond motifs is 1. The van der Waals surface area contributed by atoms with E-state index in [1.54, 1.807) is 11.8 Å². The van der Waals surface area contributed by atoms with Crippen LogP contribution in [0.4, 0.5) is 5.69 Å². The molecule has 2 rings (SSSR count). The van der Waals surface area contributed by atoms with Gasteiger partial charge in [0.25, 0.3) is 0 Å². The average Bonchev–Trinajstić information content (AvgIpc) is 2.18. The highest BCUT2D eigenvalue weighted by atomic mass is 32.2. The molecule has 1 aliphatic heterocycles. The Bertz CT molecular complexity index is 335. The van der Waals surface area contributed by atoms with Crippen LogP contribution in [0.15, 0.2) is 34.2 Å². The molecule has 1 aromatic rings. The molecule has 1 aromatic carbocycles. The zero-order valence-corrected chi connectivity index (χ0v) is 8.30. The zero-order valence-electron chi connectivity index (χ0n) is 7.49. The molecule has 0 amide bonds. The van der Waals surface area contributed by atoms with Gasteiger partial charge in [-0.05, 0) is 19.1 Å². The van der Waals surface area contributed by atoms with Crippen LogP contribution >= 0.6 is 11.8 Å². The van der Waals surface area contributed by atoms with Crippen LogP contribution in [0.5, 0.6) is 0 Å². The van der Waals surface area contributed by atoms with Gasteiger partial charge >= 0.3 is 0 Å². The maximum atomic E-state index is 5.37. The predicted octanol–water partition coefficient (Wildman–Crippen LogP) is 2.86. The highest BCUT2D eigenvalue weighted by Gasteiger charge is 2.11. The van der Waals surface area contributed by atoms with Crippen molar-refractivity contribution in [3.63, 3.8) is 0 Å². The molecule has 0 bridgehead atoms. The fraction of sp³-hybridized carbons (Fsp3) is 0.300. The average molecular weight is 193 g/mol. The summed E-state index contributed by atoms with van der Waals surface area (Å²) in [5.74, 6) is 1.69. The topological polar surface area (TPSA) is 21.6 Å². The molecule has 0 N–H and O–H groups in total. The number of rotatable bonds is 1. The summed E-state index contributed by atoms with van der Waals surface area (Å²) in [4.78, 5) is 5.65. The van der Waals surface area contributed by atoms with Crippen molar-refractivity contribution in [3.8, 4) is 0 Å². The second-order valence-electron chi connectivity index (χ2n) is 2.69. The highest BCUT2D eigenvalue weighted by molar-refractivity contribution is 8.00. The molecule has 0 fully saturated rings. The molecule has 0 saturated carbocycles. The SMILES string of the molecule is CCOC1=Nc2ccccc2SC1. The van der Waals surface area contributed by atoms with Crippen molar-refractivity contribution >= 4 is 23.3 Å². The van der Waals surface area contributed by atoms with Gasteiger partial charge in [-0.1, -0.05) is 12.1 Å². The minimum atomic E-state index is 0.696. The molecule has 13 heavy (non-hydrogen) atoms. The molecule has 0 aromatic heterocycles. The van der Waals surface area contributed by atoms with Gasteiger partial charge in [0.1, 0.15) is 0 Å². The summed E-state index contributed by atoms with van der Waals surface area (Å²) in [5, 5.41) is 0.